The molecule has 1 aromatic heterocycles. The minimum atomic E-state index is -0.411. The van der Waals surface area contributed by atoms with Crippen molar-refractivity contribution < 1.29 is 14.6 Å². The molecule has 4 nitrogen and oxygen atoms in total. The van der Waals surface area contributed by atoms with Gasteiger partial charge in [0.15, 0.2) is 0 Å². The van der Waals surface area contributed by atoms with E-state index in [9.17, 15) is 9.90 Å². The summed E-state index contributed by atoms with van der Waals surface area (Å²) in [6, 6.07) is 7.06. The first kappa shape index (κ1) is 23.0. The molecule has 0 bridgehead atoms. The van der Waals surface area contributed by atoms with Crippen molar-refractivity contribution in [2.75, 3.05) is 0 Å². The number of unbranched alkanes of at least 4 members (excludes halogenated alkanes) is 3. The minimum Gasteiger partial charge on any atom is -0.508 e. The van der Waals surface area contributed by atoms with Crippen LogP contribution in [0.1, 0.15) is 64.0 Å². The summed E-state index contributed by atoms with van der Waals surface area (Å²) in [5.41, 5.74) is 3.08. The van der Waals surface area contributed by atoms with Gasteiger partial charge >= 0.3 is 5.97 Å². The summed E-state index contributed by atoms with van der Waals surface area (Å²) in [5, 5.41) is 10.1. The van der Waals surface area contributed by atoms with Crippen molar-refractivity contribution in [1.82, 2.24) is 4.98 Å². The van der Waals surface area contributed by atoms with Crippen molar-refractivity contribution >= 4 is 23.6 Å². The topological polar surface area (TPSA) is 59.4 Å². The number of hydrogen-bond donors (Lipinski definition) is 1. The number of halogens is 1. The Balaban J connectivity index is 1.80. The number of aryl methyl sites for hydroxylation is 1. The van der Waals surface area contributed by atoms with Crippen LogP contribution in [0.3, 0.4) is 0 Å². The molecule has 1 N–H and O–H groups in total. The van der Waals surface area contributed by atoms with Gasteiger partial charge in [-0.2, -0.15) is 0 Å². The number of phenolic OH excluding ortho intramolecular Hbond substituents is 1. The van der Waals surface area contributed by atoms with Crippen molar-refractivity contribution in [3.8, 4) is 17.0 Å². The van der Waals surface area contributed by atoms with Crippen LogP contribution < -0.4 is 0 Å². The summed E-state index contributed by atoms with van der Waals surface area (Å²) in [5.74, 6) is 0.103. The number of aromatic nitrogens is 1. The van der Waals surface area contributed by atoms with Crippen molar-refractivity contribution in [2.45, 2.75) is 65.4 Å². The molecule has 1 aromatic carbocycles. The SMILES string of the molecule is Cc1cc(O)ccc1-c1ncc(/C=C/CCCCCC(=O)OC(C)(C)C)cc1Cl. The number of benzene rings is 1. The van der Waals surface area contributed by atoms with Crippen LogP contribution in [0.5, 0.6) is 5.75 Å². The number of carbonyl (C=O) groups is 1. The summed E-state index contributed by atoms with van der Waals surface area (Å²) >= 11 is 6.43. The molecule has 0 aliphatic carbocycles. The Bertz CT molecular complexity index is 869. The van der Waals surface area contributed by atoms with Crippen molar-refractivity contribution in [3.63, 3.8) is 0 Å². The van der Waals surface area contributed by atoms with E-state index >= 15 is 0 Å². The number of esters is 1. The van der Waals surface area contributed by atoms with Crippen LogP contribution in [0.15, 0.2) is 36.5 Å². The van der Waals surface area contributed by atoms with E-state index in [0.29, 0.717) is 17.1 Å². The molecule has 5 heteroatoms. The number of hydrogen-bond acceptors (Lipinski definition) is 4. The van der Waals surface area contributed by atoms with Gasteiger partial charge in [0.2, 0.25) is 0 Å². The number of allylic oxidation sites excluding steroid dienone is 1. The van der Waals surface area contributed by atoms with Gasteiger partial charge in [-0.1, -0.05) is 30.2 Å². The molecule has 0 saturated heterocycles. The highest BCUT2D eigenvalue weighted by molar-refractivity contribution is 6.33. The van der Waals surface area contributed by atoms with Crippen LogP contribution in [-0.4, -0.2) is 21.7 Å². The number of carbonyl (C=O) groups excluding carboxylic acids is 1. The van der Waals surface area contributed by atoms with Crippen LogP contribution >= 0.6 is 11.6 Å². The lowest BCUT2D eigenvalue weighted by Crippen LogP contribution is -2.23. The Labute approximate surface area is 178 Å². The predicted octanol–water partition coefficient (Wildman–Crippen LogP) is 6.72. The molecule has 0 fully saturated rings. The van der Waals surface area contributed by atoms with E-state index in [1.54, 1.807) is 18.3 Å². The Hall–Kier alpha value is -2.33. The molecular weight excluding hydrogens is 386 g/mol. The third kappa shape index (κ3) is 7.90. The Morgan fingerprint density at radius 3 is 2.62 bits per heavy atom. The molecule has 2 aromatic rings. The first-order chi connectivity index (χ1) is 13.7. The third-order valence-corrected chi connectivity index (χ3v) is 4.60. The lowest BCUT2D eigenvalue weighted by Gasteiger charge is -2.19. The molecule has 2 rings (SSSR count). The summed E-state index contributed by atoms with van der Waals surface area (Å²) < 4.78 is 5.30. The zero-order valence-electron chi connectivity index (χ0n) is 17.7. The number of nitrogens with zero attached hydrogens (tertiary/aromatic N) is 1. The highest BCUT2D eigenvalue weighted by Gasteiger charge is 2.15. The van der Waals surface area contributed by atoms with E-state index in [1.165, 1.54) is 0 Å². The average molecular weight is 416 g/mol. The second-order valence-corrected chi connectivity index (χ2v) is 8.59. The van der Waals surface area contributed by atoms with E-state index in [4.69, 9.17) is 16.3 Å². The highest BCUT2D eigenvalue weighted by Crippen LogP contribution is 2.31. The van der Waals surface area contributed by atoms with E-state index in [1.807, 2.05) is 45.9 Å². The fourth-order valence-corrected chi connectivity index (χ4v) is 3.25. The van der Waals surface area contributed by atoms with Crippen LogP contribution in [0.25, 0.3) is 17.3 Å². The Kier molecular flexibility index (Phi) is 8.27. The normalized spacial score (nSPS) is 11.8. The molecule has 0 aliphatic rings. The molecule has 0 radical (unpaired) electrons. The molecule has 156 valence electrons. The summed E-state index contributed by atoms with van der Waals surface area (Å²) in [7, 11) is 0. The molecule has 0 spiro atoms. The van der Waals surface area contributed by atoms with E-state index < -0.39 is 5.60 Å². The first-order valence-corrected chi connectivity index (χ1v) is 10.4. The van der Waals surface area contributed by atoms with Gasteiger partial charge in [0.05, 0.1) is 10.7 Å². The number of pyridine rings is 1. The molecule has 29 heavy (non-hydrogen) atoms. The van der Waals surface area contributed by atoms with E-state index in [0.717, 1.165) is 42.4 Å². The largest absolute Gasteiger partial charge is 0.508 e. The monoisotopic (exact) mass is 415 g/mol. The maximum Gasteiger partial charge on any atom is 0.306 e. The van der Waals surface area contributed by atoms with Gasteiger partial charge in [-0.25, -0.2) is 0 Å². The Morgan fingerprint density at radius 1 is 1.21 bits per heavy atom. The van der Waals surface area contributed by atoms with Crippen molar-refractivity contribution in [3.05, 3.63) is 52.7 Å². The third-order valence-electron chi connectivity index (χ3n) is 4.31. The molecule has 0 atom stereocenters. The molecule has 0 aliphatic heterocycles. The summed E-state index contributed by atoms with van der Waals surface area (Å²) in [4.78, 5) is 16.2. The van der Waals surface area contributed by atoms with Gasteiger partial charge in [0.1, 0.15) is 11.4 Å². The number of phenols is 1. The molecular formula is C24H30ClNO3. The quantitative estimate of drug-likeness (QED) is 0.384. The second-order valence-electron chi connectivity index (χ2n) is 8.19. The van der Waals surface area contributed by atoms with E-state index in [-0.39, 0.29) is 11.7 Å². The lowest BCUT2D eigenvalue weighted by molar-refractivity contribution is -0.154. The van der Waals surface area contributed by atoms with Gasteiger partial charge in [-0.15, -0.1) is 0 Å². The second kappa shape index (κ2) is 10.4. The van der Waals surface area contributed by atoms with Crippen LogP contribution in [-0.2, 0) is 9.53 Å². The summed E-state index contributed by atoms with van der Waals surface area (Å²) in [6.07, 6.45) is 10.2. The maximum atomic E-state index is 11.7. The fraction of sp³-hybridized carbons (Fsp3) is 0.417. The first-order valence-electron chi connectivity index (χ1n) is 9.99. The van der Waals surface area contributed by atoms with Crippen LogP contribution in [0.4, 0.5) is 0 Å². The van der Waals surface area contributed by atoms with Crippen molar-refractivity contribution in [2.24, 2.45) is 0 Å². The highest BCUT2D eigenvalue weighted by atomic mass is 35.5. The molecule has 0 unspecified atom stereocenters. The predicted molar refractivity (Wildman–Crippen MR) is 119 cm³/mol. The van der Waals surface area contributed by atoms with Gasteiger partial charge in [0.25, 0.3) is 0 Å². The standard InChI is InChI=1S/C24H30ClNO3/c1-17-14-19(27)12-13-20(17)23-21(25)15-18(16-26-23)10-8-6-5-7-9-11-22(28)29-24(2,3)4/h8,10,12-16,27H,5-7,9,11H2,1-4H3/b10-8+. The van der Waals surface area contributed by atoms with Gasteiger partial charge in [-0.3, -0.25) is 9.78 Å². The maximum absolute atomic E-state index is 11.7. The van der Waals surface area contributed by atoms with Crippen LogP contribution in [0.2, 0.25) is 5.02 Å². The fourth-order valence-electron chi connectivity index (χ4n) is 2.98. The average Bonchev–Trinajstić information content (AvgIpc) is 2.60. The number of ether oxygens (including phenoxy) is 1. The summed E-state index contributed by atoms with van der Waals surface area (Å²) in [6.45, 7) is 7.57. The van der Waals surface area contributed by atoms with E-state index in [2.05, 4.69) is 11.1 Å². The van der Waals surface area contributed by atoms with Crippen LogP contribution in [0, 0.1) is 6.92 Å². The Morgan fingerprint density at radius 2 is 1.97 bits per heavy atom. The zero-order chi connectivity index (χ0) is 21.4. The smallest absolute Gasteiger partial charge is 0.306 e. The minimum absolute atomic E-state index is 0.127. The molecule has 0 amide bonds. The molecule has 1 heterocycles. The number of rotatable bonds is 8. The van der Waals surface area contributed by atoms with Gasteiger partial charge in [-0.05, 0) is 82.3 Å². The van der Waals surface area contributed by atoms with Crippen molar-refractivity contribution in [1.29, 1.82) is 0 Å². The zero-order valence-corrected chi connectivity index (χ0v) is 18.4. The lowest BCUT2D eigenvalue weighted by atomic mass is 10.0. The molecule has 0 saturated carbocycles. The van der Waals surface area contributed by atoms with Gasteiger partial charge in [0, 0.05) is 18.2 Å². The van der Waals surface area contributed by atoms with Gasteiger partial charge < -0.3 is 9.84 Å². The number of aromatic hydroxyl groups is 1.